The molecule has 0 aromatic rings. The van der Waals surface area contributed by atoms with Crippen LogP contribution in [0.4, 0.5) is 0 Å². The van der Waals surface area contributed by atoms with E-state index in [1.807, 2.05) is 13.8 Å². The molecule has 1 saturated heterocycles. The van der Waals surface area contributed by atoms with E-state index in [1.54, 1.807) is 0 Å². The van der Waals surface area contributed by atoms with Crippen LogP contribution >= 0.6 is 0 Å². The Labute approximate surface area is 130 Å². The van der Waals surface area contributed by atoms with Gasteiger partial charge in [-0.15, -0.1) is 0 Å². The topological polar surface area (TPSA) is 47.9 Å². The van der Waals surface area contributed by atoms with Gasteiger partial charge in [-0.3, -0.25) is 0 Å². The molecule has 0 aromatic heterocycles. The van der Waals surface area contributed by atoms with Gasteiger partial charge in [-0.1, -0.05) is 27.7 Å². The quantitative estimate of drug-likeness (QED) is 0.791. The van der Waals surface area contributed by atoms with Crippen molar-refractivity contribution in [1.82, 2.24) is 0 Å². The molecule has 0 aromatic carbocycles. The third kappa shape index (κ3) is 3.37. The van der Waals surface area contributed by atoms with Crippen LogP contribution in [0.3, 0.4) is 0 Å². The van der Waals surface area contributed by atoms with Gasteiger partial charge in [0.25, 0.3) is 0 Å². The van der Waals surface area contributed by atoms with Crippen molar-refractivity contribution in [3.8, 4) is 0 Å². The first-order chi connectivity index (χ1) is 9.77. The van der Waals surface area contributed by atoms with Crippen molar-refractivity contribution in [1.29, 1.82) is 0 Å². The number of aliphatic hydroxyl groups is 1. The van der Waals surface area contributed by atoms with Gasteiger partial charge < -0.3 is 19.0 Å². The average Bonchev–Trinajstić information content (AvgIpc) is 2.78. The Hall–Kier alpha value is 0.0569. The summed E-state index contributed by atoms with van der Waals surface area (Å²) in [7, 11) is -1.68. The lowest BCUT2D eigenvalue weighted by Gasteiger charge is -2.43. The van der Waals surface area contributed by atoms with E-state index in [9.17, 15) is 5.11 Å². The second-order valence-electron chi connectivity index (χ2n) is 7.17. The summed E-state index contributed by atoms with van der Waals surface area (Å²) < 4.78 is 18.7. The highest BCUT2D eigenvalue weighted by atomic mass is 28.4. The second-order valence-corrected chi connectivity index (χ2v) is 11.9. The normalized spacial score (nSPS) is 39.3. The fourth-order valence-corrected chi connectivity index (χ4v) is 6.64. The lowest BCUT2D eigenvalue weighted by atomic mass is 9.82. The van der Waals surface area contributed by atoms with Gasteiger partial charge in [0, 0.05) is 0 Å². The van der Waals surface area contributed by atoms with E-state index in [2.05, 4.69) is 27.7 Å². The van der Waals surface area contributed by atoms with Crippen molar-refractivity contribution in [2.24, 2.45) is 5.92 Å². The van der Waals surface area contributed by atoms with E-state index >= 15 is 0 Å². The van der Waals surface area contributed by atoms with E-state index in [1.165, 1.54) is 0 Å². The molecule has 2 aliphatic rings. The molecule has 1 heterocycles. The minimum atomic E-state index is -1.68. The third-order valence-electron chi connectivity index (χ3n) is 5.39. The highest BCUT2D eigenvalue weighted by molar-refractivity contribution is 6.73. The molecule has 124 valence electrons. The second kappa shape index (κ2) is 6.28. The predicted octanol–water partition coefficient (Wildman–Crippen LogP) is 3.30. The average molecular weight is 317 g/mol. The first kappa shape index (κ1) is 17.4. The van der Waals surface area contributed by atoms with Crippen LogP contribution in [0.25, 0.3) is 0 Å². The van der Waals surface area contributed by atoms with Crippen molar-refractivity contribution < 1.29 is 19.0 Å². The van der Waals surface area contributed by atoms with Gasteiger partial charge in [-0.05, 0) is 44.3 Å². The number of hydrogen-bond donors (Lipinski definition) is 1. The largest absolute Gasteiger partial charge is 0.411 e. The molecule has 0 radical (unpaired) electrons. The molecular weight excluding hydrogens is 284 g/mol. The maximum Gasteiger partial charge on any atom is 0.192 e. The smallest absolute Gasteiger partial charge is 0.192 e. The summed E-state index contributed by atoms with van der Waals surface area (Å²) in [6.07, 6.45) is 0.0595. The molecule has 5 heteroatoms. The Kier molecular flexibility index (Phi) is 5.21. The highest BCUT2D eigenvalue weighted by Gasteiger charge is 2.54. The van der Waals surface area contributed by atoms with Gasteiger partial charge >= 0.3 is 0 Å². The van der Waals surface area contributed by atoms with E-state index in [0.29, 0.717) is 0 Å². The maximum absolute atomic E-state index is 10.4. The highest BCUT2D eigenvalue weighted by Crippen LogP contribution is 2.42. The van der Waals surface area contributed by atoms with Gasteiger partial charge in [0.2, 0.25) is 0 Å². The van der Waals surface area contributed by atoms with Crippen LogP contribution in [-0.4, -0.2) is 43.6 Å². The summed E-state index contributed by atoms with van der Waals surface area (Å²) in [6.45, 7) is 12.7. The minimum Gasteiger partial charge on any atom is -0.411 e. The number of rotatable bonds is 5. The zero-order chi connectivity index (χ0) is 15.8. The summed E-state index contributed by atoms with van der Waals surface area (Å²) in [6, 6.07) is 3.40. The molecule has 4 nitrogen and oxygen atoms in total. The molecule has 1 aliphatic heterocycles. The van der Waals surface area contributed by atoms with Crippen LogP contribution < -0.4 is 0 Å². The van der Waals surface area contributed by atoms with Crippen LogP contribution in [0.1, 0.15) is 48.0 Å². The van der Waals surface area contributed by atoms with Crippen LogP contribution in [0.2, 0.25) is 18.1 Å². The summed E-state index contributed by atoms with van der Waals surface area (Å²) in [5.41, 5.74) is 0. The van der Waals surface area contributed by atoms with E-state index in [0.717, 1.165) is 24.6 Å². The van der Waals surface area contributed by atoms with E-state index in [4.69, 9.17) is 13.9 Å². The number of aliphatic hydroxyl groups excluding tert-OH is 1. The first-order valence-corrected chi connectivity index (χ1v) is 11.0. The predicted molar refractivity (Wildman–Crippen MR) is 85.7 cm³/mol. The van der Waals surface area contributed by atoms with Gasteiger partial charge in [0.1, 0.15) is 12.2 Å². The molecule has 0 spiro atoms. The van der Waals surface area contributed by atoms with Crippen molar-refractivity contribution in [2.45, 2.75) is 96.3 Å². The summed E-state index contributed by atoms with van der Waals surface area (Å²) in [5, 5.41) is 10.4. The number of ether oxygens (including phenoxy) is 2. The first-order valence-electron chi connectivity index (χ1n) is 8.49. The SMILES string of the molecule is CC[Si](CC)(CC)O[C@@H]1C[C@H](C)[C@@H](O)[C@@H]2OC(C)(C)O[C@@H]21. The standard InChI is InChI=1S/C16H32O4Si/c1-7-21(8-2,9-3)20-12-10-11(4)13(17)15-14(12)18-16(5,6)19-15/h11-15,17H,7-10H2,1-6H3/t11-,12+,13+,14+,15-/m0/s1. The van der Waals surface area contributed by atoms with Crippen molar-refractivity contribution >= 4 is 8.32 Å². The molecule has 0 unspecified atom stereocenters. The zero-order valence-corrected chi connectivity index (χ0v) is 15.4. The summed E-state index contributed by atoms with van der Waals surface area (Å²) in [5.74, 6) is -0.442. The molecule has 5 atom stereocenters. The Morgan fingerprint density at radius 2 is 1.62 bits per heavy atom. The lowest BCUT2D eigenvalue weighted by Crippen LogP contribution is -2.55. The molecule has 1 aliphatic carbocycles. The molecule has 2 rings (SSSR count). The van der Waals surface area contributed by atoms with Gasteiger partial charge in [-0.25, -0.2) is 0 Å². The van der Waals surface area contributed by atoms with Gasteiger partial charge in [0.15, 0.2) is 14.1 Å². The number of hydrogen-bond acceptors (Lipinski definition) is 4. The molecule has 0 amide bonds. The Balaban J connectivity index is 2.19. The summed E-state index contributed by atoms with van der Waals surface area (Å²) >= 11 is 0. The van der Waals surface area contributed by atoms with Gasteiger partial charge in [-0.2, -0.15) is 0 Å². The molecule has 2 fully saturated rings. The molecule has 1 saturated carbocycles. The minimum absolute atomic E-state index is 0.0571. The van der Waals surface area contributed by atoms with Crippen molar-refractivity contribution in [3.05, 3.63) is 0 Å². The fourth-order valence-electron chi connectivity index (χ4n) is 3.77. The molecular formula is C16H32O4Si. The van der Waals surface area contributed by atoms with Crippen molar-refractivity contribution in [3.63, 3.8) is 0 Å². The maximum atomic E-state index is 10.4. The van der Waals surface area contributed by atoms with E-state index < -0.39 is 20.2 Å². The third-order valence-corrected chi connectivity index (χ3v) is 10.1. The number of fused-ring (bicyclic) bond motifs is 1. The summed E-state index contributed by atoms with van der Waals surface area (Å²) in [4.78, 5) is 0. The Morgan fingerprint density at radius 3 is 2.14 bits per heavy atom. The van der Waals surface area contributed by atoms with Crippen molar-refractivity contribution in [2.75, 3.05) is 0 Å². The van der Waals surface area contributed by atoms with E-state index in [-0.39, 0.29) is 24.2 Å². The van der Waals surface area contributed by atoms with Crippen LogP contribution in [0, 0.1) is 5.92 Å². The monoisotopic (exact) mass is 316 g/mol. The van der Waals surface area contributed by atoms with Crippen LogP contribution in [-0.2, 0) is 13.9 Å². The molecule has 21 heavy (non-hydrogen) atoms. The fraction of sp³-hybridized carbons (Fsp3) is 1.00. The van der Waals surface area contributed by atoms with Crippen LogP contribution in [0.15, 0.2) is 0 Å². The zero-order valence-electron chi connectivity index (χ0n) is 14.4. The van der Waals surface area contributed by atoms with Gasteiger partial charge in [0.05, 0.1) is 12.2 Å². The Bertz CT molecular complexity index is 348. The van der Waals surface area contributed by atoms with Crippen LogP contribution in [0.5, 0.6) is 0 Å². The molecule has 1 N–H and O–H groups in total. The lowest BCUT2D eigenvalue weighted by molar-refractivity contribution is -0.157. The Morgan fingerprint density at radius 1 is 1.10 bits per heavy atom. The molecule has 0 bridgehead atoms.